The smallest absolute Gasteiger partial charge is 0.175 e. The molecule has 1 aromatic rings. The first-order chi connectivity index (χ1) is 6.75. The van der Waals surface area contributed by atoms with E-state index in [9.17, 15) is 4.79 Å². The van der Waals surface area contributed by atoms with Crippen LogP contribution in [-0.4, -0.2) is 16.8 Å². The van der Waals surface area contributed by atoms with E-state index in [0.29, 0.717) is 0 Å². The van der Waals surface area contributed by atoms with Gasteiger partial charge in [0.2, 0.25) is 0 Å². The van der Waals surface area contributed by atoms with Crippen LogP contribution in [-0.2, 0) is 0 Å². The Morgan fingerprint density at radius 1 is 1.36 bits per heavy atom. The van der Waals surface area contributed by atoms with Crippen LogP contribution in [0.2, 0.25) is 0 Å². The molecule has 0 bridgehead atoms. The highest BCUT2D eigenvalue weighted by atomic mass is 32.2. The van der Waals surface area contributed by atoms with Gasteiger partial charge >= 0.3 is 0 Å². The number of hydrogen-bond donors (Lipinski definition) is 0. The van der Waals surface area contributed by atoms with E-state index < -0.39 is 0 Å². The van der Waals surface area contributed by atoms with Crippen LogP contribution in [0.3, 0.4) is 0 Å². The molecule has 0 saturated heterocycles. The van der Waals surface area contributed by atoms with Gasteiger partial charge in [0.05, 0.1) is 5.25 Å². The summed E-state index contributed by atoms with van der Waals surface area (Å²) in [6.07, 6.45) is 1.12. The van der Waals surface area contributed by atoms with E-state index in [-0.39, 0.29) is 11.0 Å². The lowest BCUT2D eigenvalue weighted by molar-refractivity contribution is 0.0994. The summed E-state index contributed by atoms with van der Waals surface area (Å²) in [6.45, 7) is 4.11. The Morgan fingerprint density at radius 2 is 2.00 bits per heavy atom. The fourth-order valence-corrected chi connectivity index (χ4v) is 2.08. The molecule has 1 atom stereocenters. The molecule has 0 aromatic heterocycles. The third-order valence-electron chi connectivity index (χ3n) is 2.00. The summed E-state index contributed by atoms with van der Waals surface area (Å²) in [5, 5.41) is 0.0809. The Labute approximate surface area is 89.9 Å². The molecule has 0 N–H and O–H groups in total. The van der Waals surface area contributed by atoms with E-state index in [1.54, 1.807) is 11.8 Å². The van der Waals surface area contributed by atoms with Crippen molar-refractivity contribution in [2.24, 2.45) is 0 Å². The van der Waals surface area contributed by atoms with Crippen LogP contribution >= 0.6 is 11.8 Å². The third-order valence-corrected chi connectivity index (χ3v) is 3.36. The van der Waals surface area contributed by atoms with Crippen molar-refractivity contribution in [1.29, 1.82) is 0 Å². The maximum absolute atomic E-state index is 11.8. The van der Waals surface area contributed by atoms with Crippen molar-refractivity contribution in [1.82, 2.24) is 0 Å². The fraction of sp³-hybridized carbons (Fsp3) is 0.417. The monoisotopic (exact) mass is 208 g/mol. The number of benzene rings is 1. The molecule has 2 heteroatoms. The van der Waals surface area contributed by atoms with Crippen molar-refractivity contribution in [2.75, 3.05) is 5.75 Å². The van der Waals surface area contributed by atoms with Gasteiger partial charge in [0.1, 0.15) is 0 Å². The van der Waals surface area contributed by atoms with Crippen LogP contribution in [0.5, 0.6) is 0 Å². The summed E-state index contributed by atoms with van der Waals surface area (Å²) in [6, 6.07) is 9.51. The van der Waals surface area contributed by atoms with E-state index in [0.717, 1.165) is 17.7 Å². The molecular formula is C12H16OS. The lowest BCUT2D eigenvalue weighted by Crippen LogP contribution is -2.13. The first kappa shape index (κ1) is 11.3. The zero-order valence-corrected chi connectivity index (χ0v) is 9.51. The van der Waals surface area contributed by atoms with Crippen molar-refractivity contribution in [3.05, 3.63) is 35.9 Å². The molecule has 1 rings (SSSR count). The predicted molar refractivity (Wildman–Crippen MR) is 63.0 cm³/mol. The molecule has 1 unspecified atom stereocenters. The molecule has 0 fully saturated rings. The van der Waals surface area contributed by atoms with E-state index in [4.69, 9.17) is 0 Å². The zero-order valence-electron chi connectivity index (χ0n) is 8.69. The second-order valence-electron chi connectivity index (χ2n) is 3.24. The van der Waals surface area contributed by atoms with Crippen LogP contribution in [0.15, 0.2) is 30.3 Å². The van der Waals surface area contributed by atoms with Crippen LogP contribution in [0.1, 0.15) is 30.6 Å². The molecule has 0 spiro atoms. The molecule has 0 aliphatic rings. The molecule has 0 aliphatic carbocycles. The number of ketones is 1. The molecule has 76 valence electrons. The quantitative estimate of drug-likeness (QED) is 0.690. The minimum atomic E-state index is 0.0809. The molecular weight excluding hydrogens is 192 g/mol. The largest absolute Gasteiger partial charge is 0.293 e. The normalized spacial score (nSPS) is 12.4. The van der Waals surface area contributed by atoms with Gasteiger partial charge in [-0.2, -0.15) is 11.8 Å². The minimum absolute atomic E-state index is 0.0809. The van der Waals surface area contributed by atoms with E-state index in [1.165, 1.54) is 0 Å². The van der Waals surface area contributed by atoms with E-state index >= 15 is 0 Å². The van der Waals surface area contributed by atoms with Gasteiger partial charge in [0.15, 0.2) is 5.78 Å². The first-order valence-corrected chi connectivity index (χ1v) is 6.01. The van der Waals surface area contributed by atoms with Crippen molar-refractivity contribution < 1.29 is 4.79 Å². The second-order valence-corrected chi connectivity index (χ2v) is 4.69. The molecule has 0 amide bonds. The van der Waals surface area contributed by atoms with Crippen LogP contribution in [0.25, 0.3) is 0 Å². The molecule has 0 aliphatic heterocycles. The summed E-state index contributed by atoms with van der Waals surface area (Å²) in [4.78, 5) is 11.8. The summed E-state index contributed by atoms with van der Waals surface area (Å²) in [5.41, 5.74) is 0.823. The molecule has 0 saturated carbocycles. The molecule has 1 nitrogen and oxygen atoms in total. The van der Waals surface area contributed by atoms with Gasteiger partial charge < -0.3 is 0 Å². The Morgan fingerprint density at radius 3 is 2.57 bits per heavy atom. The highest BCUT2D eigenvalue weighted by molar-refractivity contribution is 8.00. The zero-order chi connectivity index (χ0) is 10.4. The van der Waals surface area contributed by atoms with Crippen LogP contribution in [0.4, 0.5) is 0 Å². The van der Waals surface area contributed by atoms with Crippen LogP contribution < -0.4 is 0 Å². The molecule has 0 heterocycles. The van der Waals surface area contributed by atoms with Gasteiger partial charge in [-0.3, -0.25) is 4.79 Å². The maximum Gasteiger partial charge on any atom is 0.175 e. The lowest BCUT2D eigenvalue weighted by Gasteiger charge is -2.08. The Kier molecular flexibility index (Phi) is 4.74. The number of hydrogen-bond acceptors (Lipinski definition) is 2. The molecule has 1 aromatic carbocycles. The van der Waals surface area contributed by atoms with Crippen LogP contribution in [0, 0.1) is 0 Å². The molecule has 0 radical (unpaired) electrons. The average molecular weight is 208 g/mol. The topological polar surface area (TPSA) is 17.1 Å². The van der Waals surface area contributed by atoms with Gasteiger partial charge in [0, 0.05) is 5.56 Å². The van der Waals surface area contributed by atoms with Crippen molar-refractivity contribution in [3.63, 3.8) is 0 Å². The average Bonchev–Trinajstić information content (AvgIpc) is 2.26. The number of rotatable bonds is 5. The first-order valence-electron chi connectivity index (χ1n) is 4.96. The number of carbonyl (C=O) groups excluding carboxylic acids is 1. The Hall–Kier alpha value is -0.760. The number of carbonyl (C=O) groups is 1. The summed E-state index contributed by atoms with van der Waals surface area (Å²) in [5.74, 6) is 1.30. The number of Topliss-reactive ketones (excluding diaryl/α,β-unsaturated/α-hetero) is 1. The standard InChI is InChI=1S/C12H16OS/c1-3-9-14-10(2)12(13)11-7-5-4-6-8-11/h4-8,10H,3,9H2,1-2H3. The third kappa shape index (κ3) is 3.18. The van der Waals surface area contributed by atoms with Gasteiger partial charge in [-0.1, -0.05) is 37.3 Å². The van der Waals surface area contributed by atoms with Crippen molar-refractivity contribution in [3.8, 4) is 0 Å². The Balaban J connectivity index is 2.57. The van der Waals surface area contributed by atoms with Gasteiger partial charge in [0.25, 0.3) is 0 Å². The highest BCUT2D eigenvalue weighted by Crippen LogP contribution is 2.16. The second kappa shape index (κ2) is 5.86. The SMILES string of the molecule is CCCSC(C)C(=O)c1ccccc1. The summed E-state index contributed by atoms with van der Waals surface area (Å²) < 4.78 is 0. The van der Waals surface area contributed by atoms with Gasteiger partial charge in [-0.05, 0) is 19.1 Å². The minimum Gasteiger partial charge on any atom is -0.293 e. The van der Waals surface area contributed by atoms with Crippen molar-refractivity contribution >= 4 is 17.5 Å². The fourth-order valence-electron chi connectivity index (χ4n) is 1.21. The Bertz CT molecular complexity index is 282. The highest BCUT2D eigenvalue weighted by Gasteiger charge is 2.14. The van der Waals surface area contributed by atoms with Gasteiger partial charge in [-0.25, -0.2) is 0 Å². The van der Waals surface area contributed by atoms with E-state index in [2.05, 4.69) is 6.92 Å². The maximum atomic E-state index is 11.8. The van der Waals surface area contributed by atoms with E-state index in [1.807, 2.05) is 37.3 Å². The lowest BCUT2D eigenvalue weighted by atomic mass is 10.1. The summed E-state index contributed by atoms with van der Waals surface area (Å²) >= 11 is 1.73. The molecule has 14 heavy (non-hydrogen) atoms. The predicted octanol–water partition coefficient (Wildman–Crippen LogP) is 3.40. The summed E-state index contributed by atoms with van der Waals surface area (Å²) in [7, 11) is 0. The van der Waals surface area contributed by atoms with Gasteiger partial charge in [-0.15, -0.1) is 0 Å². The van der Waals surface area contributed by atoms with Crippen molar-refractivity contribution in [2.45, 2.75) is 25.5 Å². The number of thioether (sulfide) groups is 1.